The maximum absolute atomic E-state index is 11.4. The summed E-state index contributed by atoms with van der Waals surface area (Å²) in [6, 6.07) is 0. The number of methoxy groups -OCH3 is 2. The predicted molar refractivity (Wildman–Crippen MR) is 73.2 cm³/mol. The van der Waals surface area contributed by atoms with Gasteiger partial charge < -0.3 is 18.9 Å². The van der Waals surface area contributed by atoms with Crippen molar-refractivity contribution < 1.29 is 23.7 Å². The molecule has 0 aromatic carbocycles. The molecular weight excluding hydrogens is 248 g/mol. The van der Waals surface area contributed by atoms with E-state index < -0.39 is 0 Å². The van der Waals surface area contributed by atoms with E-state index in [9.17, 15) is 4.79 Å². The molecule has 114 valence electrons. The quantitative estimate of drug-likeness (QED) is 0.380. The normalized spacial score (nSPS) is 12.4. The Balaban J connectivity index is 3.33. The summed E-state index contributed by atoms with van der Waals surface area (Å²) >= 11 is 0. The Kier molecular flexibility index (Phi) is 13.3. The van der Waals surface area contributed by atoms with Crippen LogP contribution < -0.4 is 0 Å². The van der Waals surface area contributed by atoms with Crippen molar-refractivity contribution in [1.82, 2.24) is 0 Å². The number of carbonyl (C=O) groups is 1. The largest absolute Gasteiger partial charge is 0.463 e. The number of esters is 1. The maximum Gasteiger partial charge on any atom is 0.305 e. The fourth-order valence-electron chi connectivity index (χ4n) is 1.60. The third-order valence-corrected chi connectivity index (χ3v) is 2.81. The molecule has 0 fully saturated rings. The molecule has 0 radical (unpaired) electrons. The monoisotopic (exact) mass is 276 g/mol. The van der Waals surface area contributed by atoms with Crippen LogP contribution in [-0.4, -0.2) is 53.2 Å². The molecule has 0 saturated carbocycles. The molecular formula is C14H28O5. The van der Waals surface area contributed by atoms with Crippen LogP contribution in [-0.2, 0) is 23.7 Å². The summed E-state index contributed by atoms with van der Waals surface area (Å²) < 4.78 is 20.1. The molecule has 0 bridgehead atoms. The van der Waals surface area contributed by atoms with Gasteiger partial charge in [0.05, 0.1) is 19.8 Å². The first-order chi connectivity index (χ1) is 9.20. The van der Waals surface area contributed by atoms with E-state index in [1.165, 1.54) is 0 Å². The van der Waals surface area contributed by atoms with E-state index in [2.05, 4.69) is 6.92 Å². The van der Waals surface area contributed by atoms with Crippen molar-refractivity contribution in [2.45, 2.75) is 32.6 Å². The Morgan fingerprint density at radius 3 is 2.32 bits per heavy atom. The Labute approximate surface area is 116 Å². The molecule has 19 heavy (non-hydrogen) atoms. The van der Waals surface area contributed by atoms with Gasteiger partial charge in [0.15, 0.2) is 0 Å². The van der Waals surface area contributed by atoms with Gasteiger partial charge in [0.25, 0.3) is 0 Å². The zero-order chi connectivity index (χ0) is 14.3. The van der Waals surface area contributed by atoms with E-state index in [1.54, 1.807) is 14.2 Å². The molecule has 0 N–H and O–H groups in total. The van der Waals surface area contributed by atoms with Gasteiger partial charge in [-0.3, -0.25) is 4.79 Å². The number of carbonyl (C=O) groups excluding carboxylic acids is 1. The first-order valence-corrected chi connectivity index (χ1v) is 6.92. The Morgan fingerprint density at radius 1 is 0.947 bits per heavy atom. The minimum Gasteiger partial charge on any atom is -0.463 e. The zero-order valence-corrected chi connectivity index (χ0v) is 12.5. The first kappa shape index (κ1) is 18.4. The Bertz CT molecular complexity index is 208. The van der Waals surface area contributed by atoms with E-state index in [4.69, 9.17) is 18.9 Å². The summed E-state index contributed by atoms with van der Waals surface area (Å²) in [5.41, 5.74) is 0. The van der Waals surface area contributed by atoms with Gasteiger partial charge in [-0.2, -0.15) is 0 Å². The highest BCUT2D eigenvalue weighted by molar-refractivity contribution is 5.69. The van der Waals surface area contributed by atoms with Crippen LogP contribution in [0.3, 0.4) is 0 Å². The second-order valence-electron chi connectivity index (χ2n) is 4.60. The average Bonchev–Trinajstić information content (AvgIpc) is 2.40. The molecule has 0 aliphatic carbocycles. The Morgan fingerprint density at radius 2 is 1.63 bits per heavy atom. The van der Waals surface area contributed by atoms with Crippen molar-refractivity contribution in [2.24, 2.45) is 5.92 Å². The third kappa shape index (κ3) is 13.6. The number of hydrogen-bond donors (Lipinski definition) is 0. The summed E-state index contributed by atoms with van der Waals surface area (Å²) in [5.74, 6) is 0.376. The molecule has 5 nitrogen and oxygen atoms in total. The van der Waals surface area contributed by atoms with E-state index in [0.29, 0.717) is 38.8 Å². The van der Waals surface area contributed by atoms with Crippen LogP contribution in [0, 0.1) is 5.92 Å². The van der Waals surface area contributed by atoms with Crippen LogP contribution in [0.1, 0.15) is 32.6 Å². The lowest BCUT2D eigenvalue weighted by atomic mass is 10.0. The SMILES string of the molecule is COCCOCCCC(C)CCC(=O)OCCOC. The molecule has 0 amide bonds. The molecule has 0 aliphatic rings. The lowest BCUT2D eigenvalue weighted by molar-refractivity contribution is -0.145. The lowest BCUT2D eigenvalue weighted by Crippen LogP contribution is -2.11. The number of rotatable bonds is 13. The molecule has 0 heterocycles. The number of hydrogen-bond acceptors (Lipinski definition) is 5. The minimum absolute atomic E-state index is 0.139. The van der Waals surface area contributed by atoms with E-state index in [0.717, 1.165) is 25.9 Å². The molecule has 1 unspecified atom stereocenters. The van der Waals surface area contributed by atoms with E-state index in [1.807, 2.05) is 0 Å². The van der Waals surface area contributed by atoms with Gasteiger partial charge in [-0.1, -0.05) is 6.92 Å². The van der Waals surface area contributed by atoms with Crippen molar-refractivity contribution in [1.29, 1.82) is 0 Å². The fourth-order valence-corrected chi connectivity index (χ4v) is 1.60. The highest BCUT2D eigenvalue weighted by Crippen LogP contribution is 2.13. The van der Waals surface area contributed by atoms with Gasteiger partial charge in [-0.25, -0.2) is 0 Å². The van der Waals surface area contributed by atoms with Crippen molar-refractivity contribution in [2.75, 3.05) is 47.3 Å². The van der Waals surface area contributed by atoms with Crippen LogP contribution in [0.2, 0.25) is 0 Å². The van der Waals surface area contributed by atoms with Crippen molar-refractivity contribution >= 4 is 5.97 Å². The Hall–Kier alpha value is -0.650. The van der Waals surface area contributed by atoms with Crippen molar-refractivity contribution in [3.05, 3.63) is 0 Å². The minimum atomic E-state index is -0.139. The molecule has 0 aliphatic heterocycles. The fraction of sp³-hybridized carbons (Fsp3) is 0.929. The molecule has 0 aromatic rings. The average molecular weight is 276 g/mol. The summed E-state index contributed by atoms with van der Waals surface area (Å²) in [6.07, 6.45) is 3.43. The van der Waals surface area contributed by atoms with Crippen LogP contribution in [0.25, 0.3) is 0 Å². The smallest absolute Gasteiger partial charge is 0.305 e. The van der Waals surface area contributed by atoms with Crippen LogP contribution in [0.15, 0.2) is 0 Å². The summed E-state index contributed by atoms with van der Waals surface area (Å²) in [5, 5.41) is 0. The van der Waals surface area contributed by atoms with Gasteiger partial charge in [-0.15, -0.1) is 0 Å². The second kappa shape index (κ2) is 13.8. The standard InChI is InChI=1S/C14H28O5/c1-13(5-4-8-18-11-9-16-2)6-7-14(15)19-12-10-17-3/h13H,4-12H2,1-3H3. The van der Waals surface area contributed by atoms with Crippen LogP contribution in [0.4, 0.5) is 0 Å². The summed E-state index contributed by atoms with van der Waals surface area (Å²) in [7, 11) is 3.25. The molecule has 0 saturated heterocycles. The highest BCUT2D eigenvalue weighted by Gasteiger charge is 2.07. The molecule has 0 spiro atoms. The molecule has 1 atom stereocenters. The predicted octanol–water partition coefficient (Wildman–Crippen LogP) is 2.04. The molecule has 5 heteroatoms. The summed E-state index contributed by atoms with van der Waals surface area (Å²) in [4.78, 5) is 11.4. The summed E-state index contributed by atoms with van der Waals surface area (Å²) in [6.45, 7) is 5.00. The van der Waals surface area contributed by atoms with Crippen LogP contribution in [0.5, 0.6) is 0 Å². The lowest BCUT2D eigenvalue weighted by Gasteiger charge is -2.11. The van der Waals surface area contributed by atoms with Crippen molar-refractivity contribution in [3.63, 3.8) is 0 Å². The molecule has 0 aromatic heterocycles. The van der Waals surface area contributed by atoms with E-state index in [-0.39, 0.29) is 5.97 Å². The topological polar surface area (TPSA) is 54.0 Å². The van der Waals surface area contributed by atoms with Gasteiger partial charge in [-0.05, 0) is 25.2 Å². The second-order valence-corrected chi connectivity index (χ2v) is 4.60. The van der Waals surface area contributed by atoms with Crippen molar-refractivity contribution in [3.8, 4) is 0 Å². The van der Waals surface area contributed by atoms with E-state index >= 15 is 0 Å². The first-order valence-electron chi connectivity index (χ1n) is 6.92. The zero-order valence-electron chi connectivity index (χ0n) is 12.5. The van der Waals surface area contributed by atoms with Gasteiger partial charge >= 0.3 is 5.97 Å². The molecule has 0 rings (SSSR count). The van der Waals surface area contributed by atoms with Gasteiger partial charge in [0, 0.05) is 27.2 Å². The van der Waals surface area contributed by atoms with Gasteiger partial charge in [0.2, 0.25) is 0 Å². The number of ether oxygens (including phenoxy) is 4. The van der Waals surface area contributed by atoms with Crippen LogP contribution >= 0.6 is 0 Å². The third-order valence-electron chi connectivity index (χ3n) is 2.81. The van der Waals surface area contributed by atoms with Gasteiger partial charge in [0.1, 0.15) is 6.61 Å². The maximum atomic E-state index is 11.4. The highest BCUT2D eigenvalue weighted by atomic mass is 16.6.